The van der Waals surface area contributed by atoms with Crippen LogP contribution < -0.4 is 10.1 Å². The van der Waals surface area contributed by atoms with E-state index in [9.17, 15) is 4.79 Å². The molecule has 0 saturated heterocycles. The number of ketones is 1. The van der Waals surface area contributed by atoms with Crippen molar-refractivity contribution >= 4 is 5.78 Å². The Balaban J connectivity index is 1.74. The lowest BCUT2D eigenvalue weighted by Gasteiger charge is -2.47. The maximum atomic E-state index is 13.6. The molecule has 2 aromatic rings. The van der Waals surface area contributed by atoms with E-state index < -0.39 is 5.41 Å². The van der Waals surface area contributed by atoms with Crippen LogP contribution in [0.15, 0.2) is 76.0 Å². The number of rotatable bonds is 4. The van der Waals surface area contributed by atoms with E-state index in [1.54, 1.807) is 19.5 Å². The van der Waals surface area contributed by atoms with Gasteiger partial charge in [-0.1, -0.05) is 39.0 Å². The molecule has 1 unspecified atom stereocenters. The lowest BCUT2D eigenvalue weighted by Crippen LogP contribution is -2.51. The second-order valence-corrected chi connectivity index (χ2v) is 9.57. The van der Waals surface area contributed by atoms with Crippen molar-refractivity contribution < 1.29 is 9.53 Å². The van der Waals surface area contributed by atoms with Crippen LogP contribution in [0, 0.1) is 5.41 Å². The summed E-state index contributed by atoms with van der Waals surface area (Å²) in [4.78, 5) is 17.8. The van der Waals surface area contributed by atoms with E-state index in [-0.39, 0.29) is 17.4 Å². The van der Waals surface area contributed by atoms with Crippen LogP contribution in [0.2, 0.25) is 0 Å². The summed E-state index contributed by atoms with van der Waals surface area (Å²) in [5.74, 6) is 0.933. The summed E-state index contributed by atoms with van der Waals surface area (Å²) in [6.45, 7) is 6.46. The van der Waals surface area contributed by atoms with Crippen molar-refractivity contribution in [2.45, 2.75) is 51.6 Å². The Kier molecular flexibility index (Phi) is 4.77. The van der Waals surface area contributed by atoms with Crippen LogP contribution >= 0.6 is 0 Å². The quantitative estimate of drug-likeness (QED) is 0.714. The molecule has 1 aromatic heterocycles. The van der Waals surface area contributed by atoms with Crippen molar-refractivity contribution in [3.63, 3.8) is 0 Å². The van der Waals surface area contributed by atoms with Gasteiger partial charge in [0.25, 0.3) is 0 Å². The molecule has 0 saturated carbocycles. The highest BCUT2D eigenvalue weighted by atomic mass is 16.5. The molecule has 6 nitrogen and oxygen atoms in total. The number of hydrogen-bond acceptors (Lipinski definition) is 6. The van der Waals surface area contributed by atoms with Crippen molar-refractivity contribution in [2.24, 2.45) is 15.6 Å². The van der Waals surface area contributed by atoms with Crippen molar-refractivity contribution in [1.29, 1.82) is 0 Å². The predicted octanol–water partition coefficient (Wildman–Crippen LogP) is 5.33. The van der Waals surface area contributed by atoms with Gasteiger partial charge >= 0.3 is 0 Å². The van der Waals surface area contributed by atoms with Gasteiger partial charge in [0.2, 0.25) is 0 Å². The van der Waals surface area contributed by atoms with Crippen molar-refractivity contribution in [3.05, 3.63) is 71.3 Å². The number of fused-ring (bicyclic) bond motifs is 1. The van der Waals surface area contributed by atoms with Gasteiger partial charge in [0, 0.05) is 35.0 Å². The van der Waals surface area contributed by atoms with Gasteiger partial charge in [-0.15, -0.1) is 0 Å². The van der Waals surface area contributed by atoms with Gasteiger partial charge in [-0.2, -0.15) is 10.2 Å². The van der Waals surface area contributed by atoms with E-state index in [2.05, 4.69) is 65.6 Å². The summed E-state index contributed by atoms with van der Waals surface area (Å²) in [5.41, 5.74) is 5.40. The molecule has 3 heterocycles. The first kappa shape index (κ1) is 20.6. The maximum absolute atomic E-state index is 13.6. The third-order valence-corrected chi connectivity index (χ3v) is 6.98. The molecule has 0 amide bonds. The fourth-order valence-corrected chi connectivity index (χ4v) is 5.62. The molecule has 0 fully saturated rings. The number of benzene rings is 1. The molecule has 6 heteroatoms. The Morgan fingerprint density at radius 1 is 1.22 bits per heavy atom. The molecular weight excluding hydrogens is 400 g/mol. The van der Waals surface area contributed by atoms with Crippen LogP contribution in [0.25, 0.3) is 11.1 Å². The zero-order valence-corrected chi connectivity index (χ0v) is 19.0. The van der Waals surface area contributed by atoms with Crippen LogP contribution in [0.5, 0.6) is 5.75 Å². The third-order valence-electron chi connectivity index (χ3n) is 6.98. The molecule has 2 aliphatic heterocycles. The predicted molar refractivity (Wildman–Crippen MR) is 123 cm³/mol. The van der Waals surface area contributed by atoms with Gasteiger partial charge < -0.3 is 10.1 Å². The number of nitrogens with zero attached hydrogens (tertiary/aromatic N) is 3. The Morgan fingerprint density at radius 2 is 2.06 bits per heavy atom. The lowest BCUT2D eigenvalue weighted by atomic mass is 9.58. The van der Waals surface area contributed by atoms with Gasteiger partial charge in [0.05, 0.1) is 24.9 Å². The first-order valence-electron chi connectivity index (χ1n) is 11.1. The average Bonchev–Trinajstić information content (AvgIpc) is 3.25. The van der Waals surface area contributed by atoms with Crippen molar-refractivity contribution in [1.82, 2.24) is 10.3 Å². The highest BCUT2D eigenvalue weighted by Crippen LogP contribution is 2.54. The number of aromatic nitrogens is 1. The van der Waals surface area contributed by atoms with Crippen LogP contribution in [0.1, 0.15) is 45.6 Å². The zero-order chi connectivity index (χ0) is 22.5. The highest BCUT2D eigenvalue weighted by Gasteiger charge is 2.52. The summed E-state index contributed by atoms with van der Waals surface area (Å²) in [7, 11) is 1.65. The molecule has 5 rings (SSSR count). The molecule has 0 bridgehead atoms. The molecule has 32 heavy (non-hydrogen) atoms. The Morgan fingerprint density at radius 3 is 2.84 bits per heavy atom. The number of allylic oxidation sites excluding steroid dienone is 2. The summed E-state index contributed by atoms with van der Waals surface area (Å²) in [6.07, 6.45) is 7.23. The number of carbonyl (C=O) groups is 1. The topological polar surface area (TPSA) is 75.9 Å². The smallest absolute Gasteiger partial charge is 0.164 e. The zero-order valence-electron chi connectivity index (χ0n) is 19.0. The Labute approximate surface area is 188 Å². The minimum absolute atomic E-state index is 0.0778. The number of ether oxygens (including phenoxy) is 1. The number of Topliss-reactive ketones (excluding diaryl/α,β-unsaturated/α-hetero) is 1. The number of methoxy groups -OCH3 is 1. The van der Waals surface area contributed by atoms with Crippen LogP contribution in [0.3, 0.4) is 0 Å². The Hall–Kier alpha value is -3.28. The van der Waals surface area contributed by atoms with Crippen LogP contribution in [-0.4, -0.2) is 24.0 Å². The van der Waals surface area contributed by atoms with E-state index in [0.717, 1.165) is 52.1 Å². The minimum Gasteiger partial charge on any atom is -0.494 e. The SMILES string of the molecule is CC[C@@]1(c2cccc(-c3ccncc3OC)c2)C2=CN=NC2NC2=C1C(=O)CC(C)(C)C2. The maximum Gasteiger partial charge on any atom is 0.164 e. The summed E-state index contributed by atoms with van der Waals surface area (Å²) in [6, 6.07) is 10.4. The molecule has 0 spiro atoms. The summed E-state index contributed by atoms with van der Waals surface area (Å²) >= 11 is 0. The largest absolute Gasteiger partial charge is 0.494 e. The second kappa shape index (κ2) is 7.40. The van der Waals surface area contributed by atoms with E-state index in [0.29, 0.717) is 6.42 Å². The van der Waals surface area contributed by atoms with Crippen LogP contribution in [-0.2, 0) is 10.2 Å². The monoisotopic (exact) mass is 428 g/mol. The van der Waals surface area contributed by atoms with Gasteiger partial charge in [-0.05, 0) is 41.5 Å². The van der Waals surface area contributed by atoms with E-state index >= 15 is 0 Å². The van der Waals surface area contributed by atoms with Crippen LogP contribution in [0.4, 0.5) is 0 Å². The van der Waals surface area contributed by atoms with Gasteiger partial charge in [-0.3, -0.25) is 9.78 Å². The van der Waals surface area contributed by atoms with E-state index in [1.807, 2.05) is 12.3 Å². The number of hydrogen-bond donors (Lipinski definition) is 1. The molecule has 1 aromatic carbocycles. The first-order chi connectivity index (χ1) is 15.4. The molecular formula is C26H28N4O2. The normalized spacial score (nSPS) is 25.7. The molecule has 1 aliphatic carbocycles. The molecule has 0 radical (unpaired) electrons. The third kappa shape index (κ3) is 3.00. The molecule has 1 N–H and O–H groups in total. The van der Waals surface area contributed by atoms with Gasteiger partial charge in [0.15, 0.2) is 11.9 Å². The van der Waals surface area contributed by atoms with Gasteiger partial charge in [0.1, 0.15) is 5.75 Å². The number of pyridine rings is 1. The van der Waals surface area contributed by atoms with Gasteiger partial charge in [-0.25, -0.2) is 0 Å². The molecule has 3 aliphatic rings. The van der Waals surface area contributed by atoms with E-state index in [4.69, 9.17) is 4.74 Å². The fourth-order valence-electron chi connectivity index (χ4n) is 5.62. The van der Waals surface area contributed by atoms with Crippen molar-refractivity contribution in [3.8, 4) is 16.9 Å². The Bertz CT molecular complexity index is 1190. The lowest BCUT2D eigenvalue weighted by molar-refractivity contribution is -0.119. The average molecular weight is 429 g/mol. The number of carbonyl (C=O) groups excluding carboxylic acids is 1. The minimum atomic E-state index is -0.557. The summed E-state index contributed by atoms with van der Waals surface area (Å²) < 4.78 is 5.55. The van der Waals surface area contributed by atoms with E-state index in [1.165, 1.54) is 0 Å². The molecule has 164 valence electrons. The fraction of sp³-hybridized carbons (Fsp3) is 0.385. The summed E-state index contributed by atoms with van der Waals surface area (Å²) in [5, 5.41) is 12.2. The standard InChI is InChI=1S/C26H28N4O2/c1-5-26(17-8-6-7-16(11-17)18-9-10-27-15-22(18)32-4)19-14-28-30-24(19)29-20-12-25(2,3)13-21(31)23(20)26/h6-11,14-15,24,29H,5,12-13H2,1-4H3/t24?,26-/m1/s1. The highest BCUT2D eigenvalue weighted by molar-refractivity contribution is 6.01. The number of azo groups is 1. The number of nitrogens with one attached hydrogen (secondary N) is 1. The second-order valence-electron chi connectivity index (χ2n) is 9.57. The molecule has 2 atom stereocenters. The first-order valence-corrected chi connectivity index (χ1v) is 11.1. The van der Waals surface area contributed by atoms with Crippen molar-refractivity contribution in [2.75, 3.05) is 7.11 Å².